The van der Waals surface area contributed by atoms with E-state index in [1.165, 1.54) is 0 Å². The van der Waals surface area contributed by atoms with Gasteiger partial charge < -0.3 is 10.1 Å². The van der Waals surface area contributed by atoms with Crippen LogP contribution in [-0.4, -0.2) is 23.5 Å². The second-order valence-corrected chi connectivity index (χ2v) is 9.01. The Morgan fingerprint density at radius 3 is 2.03 bits per heavy atom. The van der Waals surface area contributed by atoms with E-state index in [-0.39, 0.29) is 10.6 Å². The number of benzene rings is 2. The summed E-state index contributed by atoms with van der Waals surface area (Å²) in [5.41, 5.74) is 3.91. The topological polar surface area (TPSA) is 96.5 Å². The molecule has 7 nitrogen and oxygen atoms in total. The van der Waals surface area contributed by atoms with Crippen LogP contribution in [0.2, 0.25) is 5.02 Å². The number of ether oxygens (including phenoxy) is 1. The molecule has 0 heterocycles. The van der Waals surface area contributed by atoms with Crippen molar-refractivity contribution in [3.8, 4) is 0 Å². The highest BCUT2D eigenvalue weighted by molar-refractivity contribution is 6.33. The number of amides is 3. The van der Waals surface area contributed by atoms with Crippen molar-refractivity contribution in [1.29, 1.82) is 0 Å². The summed E-state index contributed by atoms with van der Waals surface area (Å²) in [4.78, 5) is 37.8. The Kier molecular flexibility index (Phi) is 7.68. The number of nitrogens with one attached hydrogen (secondary N) is 3. The third-order valence-corrected chi connectivity index (χ3v) is 4.84. The Labute approximate surface area is 187 Å². The molecule has 0 aliphatic carbocycles. The summed E-state index contributed by atoms with van der Waals surface area (Å²) < 4.78 is 5.37. The molecule has 0 aliphatic heterocycles. The normalized spacial score (nSPS) is 12.5. The minimum Gasteiger partial charge on any atom is -0.444 e. The summed E-state index contributed by atoms with van der Waals surface area (Å²) in [6, 6.07) is 14.9. The van der Waals surface area contributed by atoms with E-state index in [9.17, 15) is 14.4 Å². The Balaban J connectivity index is 2.19. The van der Waals surface area contributed by atoms with Gasteiger partial charge in [-0.05, 0) is 52.3 Å². The SMILES string of the molecule is CC(C)(C)OC(=O)N[C@@H](c1ccccc1)C(C)(C)C(=O)NNC(=O)c1ccccc1Cl. The highest BCUT2D eigenvalue weighted by Crippen LogP contribution is 2.34. The zero-order valence-corrected chi connectivity index (χ0v) is 19.0. The Hall–Kier alpha value is -3.06. The van der Waals surface area contributed by atoms with Crippen LogP contribution in [0.25, 0.3) is 0 Å². The van der Waals surface area contributed by atoms with Gasteiger partial charge in [0.05, 0.1) is 22.0 Å². The number of hydrogen-bond donors (Lipinski definition) is 3. The Morgan fingerprint density at radius 1 is 0.871 bits per heavy atom. The molecule has 2 aromatic carbocycles. The Bertz CT molecular complexity index is 939. The molecule has 3 N–H and O–H groups in total. The zero-order valence-electron chi connectivity index (χ0n) is 18.3. The first-order valence-corrected chi connectivity index (χ1v) is 10.2. The van der Waals surface area contributed by atoms with Gasteiger partial charge in [-0.1, -0.05) is 54.1 Å². The summed E-state index contributed by atoms with van der Waals surface area (Å²) in [6.45, 7) is 8.60. The zero-order chi connectivity index (χ0) is 23.2. The lowest BCUT2D eigenvalue weighted by molar-refractivity contribution is -0.131. The molecule has 0 aliphatic rings. The van der Waals surface area contributed by atoms with Gasteiger partial charge in [0, 0.05) is 0 Å². The number of rotatable bonds is 5. The third-order valence-electron chi connectivity index (χ3n) is 4.51. The molecular formula is C23H28ClN3O4. The first-order chi connectivity index (χ1) is 14.4. The van der Waals surface area contributed by atoms with Gasteiger partial charge in [-0.25, -0.2) is 4.79 Å². The predicted molar refractivity (Wildman–Crippen MR) is 119 cm³/mol. The fourth-order valence-electron chi connectivity index (χ4n) is 2.87. The van der Waals surface area contributed by atoms with Gasteiger partial charge in [-0.3, -0.25) is 20.4 Å². The summed E-state index contributed by atoms with van der Waals surface area (Å²) in [5.74, 6) is -1.05. The van der Waals surface area contributed by atoms with Crippen LogP contribution in [0.1, 0.15) is 56.6 Å². The fraction of sp³-hybridized carbons (Fsp3) is 0.348. The number of hydrogen-bond acceptors (Lipinski definition) is 4. The average molecular weight is 446 g/mol. The van der Waals surface area contributed by atoms with Crippen molar-refractivity contribution >= 4 is 29.5 Å². The van der Waals surface area contributed by atoms with Crippen LogP contribution < -0.4 is 16.2 Å². The standard InChI is InChI=1S/C23H28ClN3O4/c1-22(2,3)31-21(30)25-18(15-11-7-6-8-12-15)23(4,5)20(29)27-26-19(28)16-13-9-10-14-17(16)24/h6-14,18H,1-5H3,(H,25,30)(H,26,28)(H,27,29)/t18-/m0/s1. The quantitative estimate of drug-likeness (QED) is 0.594. The van der Waals surface area contributed by atoms with E-state index in [1.54, 1.807) is 71.0 Å². The molecule has 2 rings (SSSR count). The average Bonchev–Trinajstić information content (AvgIpc) is 2.69. The first-order valence-electron chi connectivity index (χ1n) is 9.81. The molecule has 0 saturated heterocycles. The van der Waals surface area contributed by atoms with E-state index in [2.05, 4.69) is 16.2 Å². The number of carbonyl (C=O) groups excluding carboxylic acids is 3. The lowest BCUT2D eigenvalue weighted by atomic mass is 9.79. The van der Waals surface area contributed by atoms with E-state index in [4.69, 9.17) is 16.3 Å². The molecule has 0 unspecified atom stereocenters. The molecule has 31 heavy (non-hydrogen) atoms. The molecule has 166 valence electrons. The van der Waals surface area contributed by atoms with E-state index >= 15 is 0 Å². The van der Waals surface area contributed by atoms with Crippen molar-refractivity contribution in [2.75, 3.05) is 0 Å². The van der Waals surface area contributed by atoms with Crippen molar-refractivity contribution in [2.45, 2.75) is 46.3 Å². The molecule has 8 heteroatoms. The molecule has 0 aromatic heterocycles. The molecule has 0 fully saturated rings. The molecule has 0 radical (unpaired) electrons. The predicted octanol–water partition coefficient (Wildman–Crippen LogP) is 4.39. The van der Waals surface area contributed by atoms with Crippen molar-refractivity contribution in [2.24, 2.45) is 5.41 Å². The highest BCUT2D eigenvalue weighted by atomic mass is 35.5. The maximum Gasteiger partial charge on any atom is 0.408 e. The molecule has 3 amide bonds. The third kappa shape index (κ3) is 6.72. The summed E-state index contributed by atoms with van der Waals surface area (Å²) in [7, 11) is 0. The Morgan fingerprint density at radius 2 is 1.45 bits per heavy atom. The highest BCUT2D eigenvalue weighted by Gasteiger charge is 2.40. The number of hydrazine groups is 1. The number of alkyl carbamates (subject to hydrolysis) is 1. The molecule has 0 saturated carbocycles. The second kappa shape index (κ2) is 9.83. The van der Waals surface area contributed by atoms with Crippen LogP contribution in [-0.2, 0) is 9.53 Å². The molecule has 2 aromatic rings. The van der Waals surface area contributed by atoms with E-state index in [0.29, 0.717) is 5.56 Å². The number of carbonyl (C=O) groups is 3. The summed E-state index contributed by atoms with van der Waals surface area (Å²) in [6.07, 6.45) is -0.651. The van der Waals surface area contributed by atoms with Gasteiger partial charge >= 0.3 is 6.09 Å². The smallest absolute Gasteiger partial charge is 0.408 e. The molecule has 1 atom stereocenters. The minimum atomic E-state index is -1.15. The van der Waals surface area contributed by atoms with Crippen molar-refractivity contribution in [3.05, 3.63) is 70.7 Å². The maximum absolute atomic E-state index is 13.0. The van der Waals surface area contributed by atoms with Crippen LogP contribution >= 0.6 is 11.6 Å². The van der Waals surface area contributed by atoms with E-state index < -0.39 is 35.0 Å². The summed E-state index contributed by atoms with van der Waals surface area (Å²) in [5, 5.41) is 3.05. The van der Waals surface area contributed by atoms with E-state index in [0.717, 1.165) is 0 Å². The van der Waals surface area contributed by atoms with Crippen LogP contribution in [0.4, 0.5) is 4.79 Å². The largest absolute Gasteiger partial charge is 0.444 e. The monoisotopic (exact) mass is 445 g/mol. The minimum absolute atomic E-state index is 0.230. The first kappa shape index (κ1) is 24.2. The van der Waals surface area contributed by atoms with Gasteiger partial charge in [-0.15, -0.1) is 0 Å². The molecular weight excluding hydrogens is 418 g/mol. The van der Waals surface area contributed by atoms with Gasteiger partial charge in [0.1, 0.15) is 5.60 Å². The van der Waals surface area contributed by atoms with Crippen LogP contribution in [0.5, 0.6) is 0 Å². The van der Waals surface area contributed by atoms with Crippen molar-refractivity contribution < 1.29 is 19.1 Å². The second-order valence-electron chi connectivity index (χ2n) is 8.60. The van der Waals surface area contributed by atoms with Crippen molar-refractivity contribution in [3.63, 3.8) is 0 Å². The van der Waals surface area contributed by atoms with E-state index in [1.807, 2.05) is 18.2 Å². The maximum atomic E-state index is 13.0. The number of halogens is 1. The lowest BCUT2D eigenvalue weighted by Crippen LogP contribution is -2.52. The summed E-state index contributed by atoms with van der Waals surface area (Å²) >= 11 is 6.03. The van der Waals surface area contributed by atoms with Crippen LogP contribution in [0.3, 0.4) is 0 Å². The van der Waals surface area contributed by atoms with Crippen LogP contribution in [0, 0.1) is 5.41 Å². The molecule has 0 bridgehead atoms. The van der Waals surface area contributed by atoms with Crippen molar-refractivity contribution in [1.82, 2.24) is 16.2 Å². The van der Waals surface area contributed by atoms with Gasteiger partial charge in [0.2, 0.25) is 5.91 Å². The van der Waals surface area contributed by atoms with Gasteiger partial charge in [0.25, 0.3) is 5.91 Å². The van der Waals surface area contributed by atoms with Crippen LogP contribution in [0.15, 0.2) is 54.6 Å². The lowest BCUT2D eigenvalue weighted by Gasteiger charge is -2.34. The fourth-order valence-corrected chi connectivity index (χ4v) is 3.09. The molecule has 0 spiro atoms. The van der Waals surface area contributed by atoms with Gasteiger partial charge in [-0.2, -0.15) is 0 Å². The van der Waals surface area contributed by atoms with Gasteiger partial charge in [0.15, 0.2) is 0 Å².